The number of esters is 2. The van der Waals surface area contributed by atoms with Gasteiger partial charge in [-0.2, -0.15) is 0 Å². The number of likely N-dealkylation sites (tertiary alicyclic amines) is 1. The van der Waals surface area contributed by atoms with E-state index in [9.17, 15) is 9.59 Å². The second-order valence-electron chi connectivity index (χ2n) is 11.7. The number of benzene rings is 2. The summed E-state index contributed by atoms with van der Waals surface area (Å²) in [6.07, 6.45) is 4.13. The molecule has 2 N–H and O–H groups in total. The molecule has 4 heterocycles. The topological polar surface area (TPSA) is 83.7 Å². The van der Waals surface area contributed by atoms with Crippen LogP contribution in [0.3, 0.4) is 0 Å². The number of ether oxygens (including phenoxy) is 2. The normalized spacial score (nSPS) is 26.9. The van der Waals surface area contributed by atoms with Gasteiger partial charge in [-0.3, -0.25) is 4.79 Å². The fourth-order valence-electron chi connectivity index (χ4n) is 7.62. The van der Waals surface area contributed by atoms with Crippen molar-refractivity contribution in [2.24, 2.45) is 5.92 Å². The van der Waals surface area contributed by atoms with Crippen LogP contribution in [-0.2, 0) is 19.1 Å². The highest BCUT2D eigenvalue weighted by atomic mass is 16.5. The van der Waals surface area contributed by atoms with Crippen LogP contribution in [0, 0.1) is 26.7 Å². The number of carbonyl (C=O) groups is 2. The summed E-state index contributed by atoms with van der Waals surface area (Å²) in [4.78, 5) is 33.6. The van der Waals surface area contributed by atoms with E-state index in [1.165, 1.54) is 5.56 Å². The Kier molecular flexibility index (Phi) is 6.95. The number of likely N-dealkylation sites (N-methyl/N-ethyl adjacent to an activating group) is 1. The molecule has 3 aliphatic heterocycles. The van der Waals surface area contributed by atoms with Crippen LogP contribution >= 0.6 is 0 Å². The second kappa shape index (κ2) is 10.4. The fourth-order valence-corrected chi connectivity index (χ4v) is 7.62. The molecule has 0 radical (unpaired) electrons. The standard InChI is InChI=1S/C33H39N3O4/c1-6-39-32(37)30-28(22-9-7-10-23-21(22)12-13-34-23)29-24(35-31(30)25-11-8-14-36(25)5)17-26(40-33(29)38)27-19(3)15-18(2)16-20(27)4/h7,9-10,12-13,15-16,25-26,28,30-31,34-35H,6,8,11,14,17H2,1-5H3/t25-,26?,28?,30?,31?/m0/s1. The summed E-state index contributed by atoms with van der Waals surface area (Å²) in [5.74, 6) is -1.69. The Morgan fingerprint density at radius 3 is 2.62 bits per heavy atom. The van der Waals surface area contributed by atoms with Crippen molar-refractivity contribution in [1.29, 1.82) is 0 Å². The van der Waals surface area contributed by atoms with Crippen LogP contribution in [-0.4, -0.2) is 54.1 Å². The number of nitrogens with one attached hydrogen (secondary N) is 2. The van der Waals surface area contributed by atoms with Crippen molar-refractivity contribution in [3.8, 4) is 0 Å². The number of aromatic nitrogens is 1. The molecule has 6 rings (SSSR count). The molecule has 40 heavy (non-hydrogen) atoms. The van der Waals surface area contributed by atoms with Gasteiger partial charge < -0.3 is 24.7 Å². The molecule has 1 aromatic heterocycles. The molecule has 2 aromatic carbocycles. The van der Waals surface area contributed by atoms with E-state index >= 15 is 0 Å². The zero-order valence-electron chi connectivity index (χ0n) is 24.0. The minimum atomic E-state index is -0.573. The van der Waals surface area contributed by atoms with Crippen LogP contribution in [0.2, 0.25) is 0 Å². The molecule has 7 heteroatoms. The molecule has 0 aliphatic carbocycles. The fraction of sp³-hybridized carbons (Fsp3) is 0.455. The summed E-state index contributed by atoms with van der Waals surface area (Å²) in [6, 6.07) is 12.3. The minimum Gasteiger partial charge on any atom is -0.466 e. The highest BCUT2D eigenvalue weighted by Crippen LogP contribution is 2.49. The third-order valence-electron chi connectivity index (χ3n) is 9.16. The van der Waals surface area contributed by atoms with E-state index in [2.05, 4.69) is 55.2 Å². The quantitative estimate of drug-likeness (QED) is 0.423. The summed E-state index contributed by atoms with van der Waals surface area (Å²) >= 11 is 0. The van der Waals surface area contributed by atoms with Crippen LogP contribution in [0.1, 0.15) is 66.0 Å². The number of aromatic amines is 1. The van der Waals surface area contributed by atoms with Crippen LogP contribution in [0.25, 0.3) is 10.9 Å². The maximum absolute atomic E-state index is 14.1. The Morgan fingerprint density at radius 1 is 1.15 bits per heavy atom. The van der Waals surface area contributed by atoms with Crippen LogP contribution in [0.15, 0.2) is 53.9 Å². The lowest BCUT2D eigenvalue weighted by Crippen LogP contribution is -2.58. The summed E-state index contributed by atoms with van der Waals surface area (Å²) in [6.45, 7) is 9.37. The first kappa shape index (κ1) is 26.6. The van der Waals surface area contributed by atoms with Gasteiger partial charge in [-0.05, 0) is 88.5 Å². The summed E-state index contributed by atoms with van der Waals surface area (Å²) in [5.41, 5.74) is 7.89. The number of cyclic esters (lactones) is 1. The van der Waals surface area contributed by atoms with Crippen molar-refractivity contribution in [3.63, 3.8) is 0 Å². The van der Waals surface area contributed by atoms with Crippen molar-refractivity contribution in [3.05, 3.63) is 81.7 Å². The molecule has 3 aliphatic rings. The van der Waals surface area contributed by atoms with Gasteiger partial charge in [0.2, 0.25) is 0 Å². The van der Waals surface area contributed by atoms with Gasteiger partial charge >= 0.3 is 11.9 Å². The van der Waals surface area contributed by atoms with Gasteiger partial charge in [0, 0.05) is 41.2 Å². The molecule has 0 bridgehead atoms. The van der Waals surface area contributed by atoms with Gasteiger partial charge in [0.05, 0.1) is 24.1 Å². The van der Waals surface area contributed by atoms with Gasteiger partial charge in [-0.25, -0.2) is 4.79 Å². The maximum Gasteiger partial charge on any atom is 0.337 e. The minimum absolute atomic E-state index is 0.149. The lowest BCUT2D eigenvalue weighted by molar-refractivity contribution is -0.152. The summed E-state index contributed by atoms with van der Waals surface area (Å²) in [5, 5.41) is 4.78. The van der Waals surface area contributed by atoms with E-state index in [0.29, 0.717) is 12.0 Å². The third-order valence-corrected chi connectivity index (χ3v) is 9.16. The van der Waals surface area contributed by atoms with Crippen molar-refractivity contribution in [2.75, 3.05) is 20.2 Å². The molecule has 210 valence electrons. The Labute approximate surface area is 235 Å². The monoisotopic (exact) mass is 541 g/mol. The molecular weight excluding hydrogens is 502 g/mol. The third kappa shape index (κ3) is 4.40. The first-order valence-corrected chi connectivity index (χ1v) is 14.5. The molecule has 0 spiro atoms. The molecule has 0 amide bonds. The zero-order valence-corrected chi connectivity index (χ0v) is 24.0. The van der Waals surface area contributed by atoms with Gasteiger partial charge in [0.25, 0.3) is 0 Å². The van der Waals surface area contributed by atoms with Crippen molar-refractivity contribution in [2.45, 2.75) is 71.1 Å². The van der Waals surface area contributed by atoms with Gasteiger partial charge in [-0.15, -0.1) is 0 Å². The number of H-pyrrole nitrogens is 1. The Balaban J connectivity index is 1.54. The predicted molar refractivity (Wildman–Crippen MR) is 155 cm³/mol. The summed E-state index contributed by atoms with van der Waals surface area (Å²) < 4.78 is 12.0. The smallest absolute Gasteiger partial charge is 0.337 e. The molecule has 3 aromatic rings. The van der Waals surface area contributed by atoms with Crippen LogP contribution in [0.4, 0.5) is 0 Å². The largest absolute Gasteiger partial charge is 0.466 e. The van der Waals surface area contributed by atoms with E-state index in [1.54, 1.807) is 0 Å². The Hall–Kier alpha value is -3.58. The molecule has 1 fully saturated rings. The Bertz CT molecular complexity index is 1480. The van der Waals surface area contributed by atoms with Crippen LogP contribution < -0.4 is 5.32 Å². The van der Waals surface area contributed by atoms with Gasteiger partial charge in [-0.1, -0.05) is 29.8 Å². The molecular formula is C33H39N3O4. The number of nitrogens with zero attached hydrogens (tertiary/aromatic N) is 1. The number of carbonyl (C=O) groups excluding carboxylic acids is 2. The van der Waals surface area contributed by atoms with E-state index in [1.807, 2.05) is 37.4 Å². The lowest BCUT2D eigenvalue weighted by atomic mass is 9.69. The number of fused-ring (bicyclic) bond motifs is 1. The second-order valence-corrected chi connectivity index (χ2v) is 11.7. The van der Waals surface area contributed by atoms with Crippen molar-refractivity contribution in [1.82, 2.24) is 15.2 Å². The van der Waals surface area contributed by atoms with Gasteiger partial charge in [0.15, 0.2) is 0 Å². The summed E-state index contributed by atoms with van der Waals surface area (Å²) in [7, 11) is 2.13. The number of rotatable bonds is 5. The molecule has 4 unspecified atom stereocenters. The predicted octanol–water partition coefficient (Wildman–Crippen LogP) is 5.36. The van der Waals surface area contributed by atoms with E-state index in [4.69, 9.17) is 9.47 Å². The van der Waals surface area contributed by atoms with E-state index in [0.717, 1.165) is 58.2 Å². The first-order valence-electron chi connectivity index (χ1n) is 14.5. The maximum atomic E-state index is 14.1. The van der Waals surface area contributed by atoms with Crippen molar-refractivity contribution >= 4 is 22.8 Å². The molecule has 0 saturated carbocycles. The molecule has 1 saturated heterocycles. The number of hydrogen-bond acceptors (Lipinski definition) is 6. The lowest BCUT2D eigenvalue weighted by Gasteiger charge is -2.46. The zero-order chi connectivity index (χ0) is 28.1. The SMILES string of the molecule is CCOC(=O)C1C(c2cccc3[nH]ccc23)C2=C(CC(c3c(C)cc(C)cc3C)OC2=O)NC1[C@@H]1CCCN1C. The average Bonchev–Trinajstić information content (AvgIpc) is 3.56. The molecule has 5 atom stereocenters. The highest BCUT2D eigenvalue weighted by Gasteiger charge is 2.52. The van der Waals surface area contributed by atoms with E-state index in [-0.39, 0.29) is 36.7 Å². The van der Waals surface area contributed by atoms with E-state index < -0.39 is 11.8 Å². The Morgan fingerprint density at radius 2 is 1.93 bits per heavy atom. The average molecular weight is 542 g/mol. The highest BCUT2D eigenvalue weighted by molar-refractivity contribution is 5.96. The first-order chi connectivity index (χ1) is 19.3. The van der Waals surface area contributed by atoms with Crippen LogP contribution in [0.5, 0.6) is 0 Å². The van der Waals surface area contributed by atoms with Gasteiger partial charge in [0.1, 0.15) is 6.10 Å². The van der Waals surface area contributed by atoms with Crippen molar-refractivity contribution < 1.29 is 19.1 Å². The number of aryl methyl sites for hydroxylation is 3. The molecule has 7 nitrogen and oxygen atoms in total. The number of hydrogen-bond donors (Lipinski definition) is 2.